The number of hydrogen-bond donors (Lipinski definition) is 1. The van der Waals surface area contributed by atoms with Crippen molar-refractivity contribution in [3.05, 3.63) is 30.3 Å². The smallest absolute Gasteiger partial charge is 0.219 e. The molecule has 2 unspecified atom stereocenters. The molecule has 1 aliphatic heterocycles. The van der Waals surface area contributed by atoms with E-state index >= 15 is 0 Å². The normalized spacial score (nSPS) is 19.7. The third kappa shape index (κ3) is 4.64. The maximum absolute atomic E-state index is 5.95. The van der Waals surface area contributed by atoms with Crippen LogP contribution in [-0.2, 0) is 4.74 Å². The molecule has 1 aliphatic rings. The first-order valence-electron chi connectivity index (χ1n) is 9.19. The Kier molecular flexibility index (Phi) is 5.61. The lowest BCUT2D eigenvalue weighted by atomic mass is 10.2. The number of nitrogens with two attached hydrogens (primary N) is 1. The minimum absolute atomic E-state index is 0.0429. The van der Waals surface area contributed by atoms with Crippen molar-refractivity contribution in [3.8, 4) is 17.3 Å². The van der Waals surface area contributed by atoms with Gasteiger partial charge in [0.05, 0.1) is 18.3 Å². The molecule has 2 aromatic rings. The van der Waals surface area contributed by atoms with Crippen molar-refractivity contribution in [2.75, 3.05) is 24.2 Å². The summed E-state index contributed by atoms with van der Waals surface area (Å²) in [6.07, 6.45) is 2.81. The van der Waals surface area contributed by atoms with Crippen LogP contribution in [-0.4, -0.2) is 41.9 Å². The van der Waals surface area contributed by atoms with E-state index in [0.717, 1.165) is 30.8 Å². The van der Waals surface area contributed by atoms with E-state index < -0.39 is 0 Å². The van der Waals surface area contributed by atoms with Gasteiger partial charge >= 0.3 is 0 Å². The fraction of sp³-hybridized carbons (Fsp3) is 0.500. The highest BCUT2D eigenvalue weighted by atomic mass is 16.5. The summed E-state index contributed by atoms with van der Waals surface area (Å²) in [4.78, 5) is 11.4. The number of benzene rings is 1. The molecule has 1 aromatic carbocycles. The molecule has 140 valence electrons. The Hall–Kier alpha value is -2.34. The largest absolute Gasteiger partial charge is 0.475 e. The molecule has 0 spiro atoms. The van der Waals surface area contributed by atoms with Gasteiger partial charge in [0.15, 0.2) is 5.82 Å². The number of hydrogen-bond acceptors (Lipinski definition) is 6. The monoisotopic (exact) mass is 356 g/mol. The SMILES string of the molecule is CC(C)Oc1cc(N(C)CC2CCC(C)O2)nc(-c2ccc(N)cc2)n1. The molecule has 6 heteroatoms. The van der Waals surface area contributed by atoms with E-state index in [2.05, 4.69) is 16.8 Å². The van der Waals surface area contributed by atoms with Crippen LogP contribution in [0.2, 0.25) is 0 Å². The van der Waals surface area contributed by atoms with Crippen molar-refractivity contribution < 1.29 is 9.47 Å². The summed E-state index contributed by atoms with van der Waals surface area (Å²) in [6.45, 7) is 6.90. The summed E-state index contributed by atoms with van der Waals surface area (Å²) in [6, 6.07) is 9.45. The van der Waals surface area contributed by atoms with Gasteiger partial charge in [0, 0.05) is 30.9 Å². The van der Waals surface area contributed by atoms with Crippen LogP contribution >= 0.6 is 0 Å². The zero-order valence-electron chi connectivity index (χ0n) is 16.0. The lowest BCUT2D eigenvalue weighted by Gasteiger charge is -2.23. The van der Waals surface area contributed by atoms with Gasteiger partial charge in [0.1, 0.15) is 5.82 Å². The number of aromatic nitrogens is 2. The summed E-state index contributed by atoms with van der Waals surface area (Å²) in [5.41, 5.74) is 7.42. The van der Waals surface area contributed by atoms with Gasteiger partial charge < -0.3 is 20.1 Å². The second kappa shape index (κ2) is 7.91. The van der Waals surface area contributed by atoms with Gasteiger partial charge in [-0.25, -0.2) is 4.98 Å². The fourth-order valence-corrected chi connectivity index (χ4v) is 3.09. The third-order valence-electron chi connectivity index (χ3n) is 4.40. The van der Waals surface area contributed by atoms with E-state index in [4.69, 9.17) is 20.2 Å². The van der Waals surface area contributed by atoms with Crippen LogP contribution in [0.3, 0.4) is 0 Å². The summed E-state index contributed by atoms with van der Waals surface area (Å²) in [7, 11) is 2.03. The first-order chi connectivity index (χ1) is 12.4. The second-order valence-electron chi connectivity index (χ2n) is 7.20. The molecule has 0 aliphatic carbocycles. The van der Waals surface area contributed by atoms with Crippen LogP contribution in [0.15, 0.2) is 30.3 Å². The maximum Gasteiger partial charge on any atom is 0.219 e. The minimum Gasteiger partial charge on any atom is -0.475 e. The van der Waals surface area contributed by atoms with Crippen molar-refractivity contribution in [2.24, 2.45) is 0 Å². The molecule has 0 bridgehead atoms. The molecule has 1 fully saturated rings. The lowest BCUT2D eigenvalue weighted by Crippen LogP contribution is -2.30. The number of rotatable bonds is 6. The Morgan fingerprint density at radius 3 is 2.58 bits per heavy atom. The van der Waals surface area contributed by atoms with Crippen molar-refractivity contribution in [2.45, 2.75) is 51.9 Å². The van der Waals surface area contributed by atoms with Crippen molar-refractivity contribution >= 4 is 11.5 Å². The summed E-state index contributed by atoms with van der Waals surface area (Å²) < 4.78 is 11.8. The van der Waals surface area contributed by atoms with E-state index in [9.17, 15) is 0 Å². The van der Waals surface area contributed by atoms with Crippen LogP contribution in [0, 0.1) is 0 Å². The molecule has 0 amide bonds. The van der Waals surface area contributed by atoms with E-state index in [1.165, 1.54) is 0 Å². The van der Waals surface area contributed by atoms with Crippen LogP contribution in [0.5, 0.6) is 5.88 Å². The van der Waals surface area contributed by atoms with Gasteiger partial charge in [-0.3, -0.25) is 0 Å². The Labute approximate surface area is 155 Å². The molecule has 0 radical (unpaired) electrons. The third-order valence-corrected chi connectivity index (χ3v) is 4.40. The van der Waals surface area contributed by atoms with E-state index in [1.54, 1.807) is 0 Å². The number of nitrogen functional groups attached to an aromatic ring is 1. The molecule has 0 saturated carbocycles. The Morgan fingerprint density at radius 2 is 1.96 bits per heavy atom. The molecule has 2 N–H and O–H groups in total. The number of nitrogens with zero attached hydrogens (tertiary/aromatic N) is 3. The highest BCUT2D eigenvalue weighted by Crippen LogP contribution is 2.26. The van der Waals surface area contributed by atoms with Gasteiger partial charge in [0.25, 0.3) is 0 Å². The highest BCUT2D eigenvalue weighted by molar-refractivity contribution is 5.61. The van der Waals surface area contributed by atoms with Crippen LogP contribution in [0.4, 0.5) is 11.5 Å². The van der Waals surface area contributed by atoms with Gasteiger partial charge in [-0.1, -0.05) is 0 Å². The summed E-state index contributed by atoms with van der Waals surface area (Å²) >= 11 is 0. The molecule has 3 rings (SSSR count). The van der Waals surface area contributed by atoms with Crippen LogP contribution in [0.25, 0.3) is 11.4 Å². The van der Waals surface area contributed by atoms with E-state index in [-0.39, 0.29) is 12.2 Å². The second-order valence-corrected chi connectivity index (χ2v) is 7.20. The highest BCUT2D eigenvalue weighted by Gasteiger charge is 2.24. The Balaban J connectivity index is 1.87. The quantitative estimate of drug-likeness (QED) is 0.799. The molecular formula is C20H28N4O2. The summed E-state index contributed by atoms with van der Waals surface area (Å²) in [5, 5.41) is 0. The number of likely N-dealkylation sites (N-methyl/N-ethyl adjacent to an activating group) is 1. The van der Waals surface area contributed by atoms with Crippen LogP contribution in [0.1, 0.15) is 33.6 Å². The predicted molar refractivity (Wildman–Crippen MR) is 104 cm³/mol. The van der Waals surface area contributed by atoms with Crippen molar-refractivity contribution in [3.63, 3.8) is 0 Å². The topological polar surface area (TPSA) is 73.5 Å². The van der Waals surface area contributed by atoms with E-state index in [1.807, 2.05) is 51.2 Å². The van der Waals surface area contributed by atoms with Crippen molar-refractivity contribution in [1.82, 2.24) is 9.97 Å². The van der Waals surface area contributed by atoms with E-state index in [0.29, 0.717) is 23.5 Å². The number of anilines is 2. The molecule has 1 aromatic heterocycles. The average molecular weight is 356 g/mol. The fourth-order valence-electron chi connectivity index (χ4n) is 3.09. The first-order valence-corrected chi connectivity index (χ1v) is 9.19. The first kappa shape index (κ1) is 18.5. The molecule has 2 atom stereocenters. The molecule has 1 saturated heterocycles. The molecular weight excluding hydrogens is 328 g/mol. The lowest BCUT2D eigenvalue weighted by molar-refractivity contribution is 0.0605. The van der Waals surface area contributed by atoms with Gasteiger partial charge in [0.2, 0.25) is 5.88 Å². The van der Waals surface area contributed by atoms with Gasteiger partial charge in [-0.15, -0.1) is 0 Å². The standard InChI is InChI=1S/C20H28N4O2/c1-13(2)25-19-11-18(24(4)12-17-10-5-14(3)26-17)22-20(23-19)15-6-8-16(21)9-7-15/h6-9,11,13-14,17H,5,10,12,21H2,1-4H3. The molecule has 6 nitrogen and oxygen atoms in total. The maximum atomic E-state index is 5.95. The van der Waals surface area contributed by atoms with Crippen molar-refractivity contribution in [1.29, 1.82) is 0 Å². The minimum atomic E-state index is 0.0429. The molecule has 2 heterocycles. The molecule has 26 heavy (non-hydrogen) atoms. The summed E-state index contributed by atoms with van der Waals surface area (Å²) in [5.74, 6) is 2.03. The van der Waals surface area contributed by atoms with Gasteiger partial charge in [-0.2, -0.15) is 4.98 Å². The average Bonchev–Trinajstić information content (AvgIpc) is 2.99. The van der Waals surface area contributed by atoms with Gasteiger partial charge in [-0.05, 0) is 57.9 Å². The zero-order chi connectivity index (χ0) is 18.7. The predicted octanol–water partition coefficient (Wildman–Crippen LogP) is 3.52. The zero-order valence-corrected chi connectivity index (χ0v) is 16.0. The Morgan fingerprint density at radius 1 is 1.23 bits per heavy atom. The Bertz CT molecular complexity index is 733. The number of ether oxygens (including phenoxy) is 2. The van der Waals surface area contributed by atoms with Crippen LogP contribution < -0.4 is 15.4 Å².